The van der Waals surface area contributed by atoms with Gasteiger partial charge in [0.05, 0.1) is 0 Å². The molecular weight excluding hydrogens is 823 g/mol. The molecule has 0 saturated carbocycles. The summed E-state index contributed by atoms with van der Waals surface area (Å²) < 4.78 is 0. The van der Waals surface area contributed by atoms with Crippen LogP contribution in [0.4, 0.5) is 0 Å². The Labute approximate surface area is 396 Å². The van der Waals surface area contributed by atoms with Crippen molar-refractivity contribution >= 4 is 33.2 Å². The summed E-state index contributed by atoms with van der Waals surface area (Å²) in [7, 11) is 0. The van der Waals surface area contributed by atoms with Crippen LogP contribution in [0.3, 0.4) is 0 Å². The summed E-state index contributed by atoms with van der Waals surface area (Å²) in [5.41, 5.74) is 20.2. The zero-order valence-electron chi connectivity index (χ0n) is 37.1. The van der Waals surface area contributed by atoms with Crippen molar-refractivity contribution in [3.8, 4) is 77.9 Å². The molecule has 0 aromatic heterocycles. The highest BCUT2D eigenvalue weighted by Gasteiger charge is 2.24. The molecule has 1 atom stereocenters. The Bertz CT molecular complexity index is 3770. The monoisotopic (exact) mass is 865 g/mol. The number of nitrogens with zero attached hydrogens (tertiary/aromatic N) is 2. The number of nitrogens with one attached hydrogen (secondary N) is 1. The number of benzene rings is 11. The van der Waals surface area contributed by atoms with Gasteiger partial charge < -0.3 is 5.32 Å². The van der Waals surface area contributed by atoms with Crippen molar-refractivity contribution in [2.75, 3.05) is 0 Å². The van der Waals surface area contributed by atoms with Gasteiger partial charge in [-0.15, -0.1) is 0 Å². The van der Waals surface area contributed by atoms with E-state index in [-0.39, 0.29) is 6.17 Å². The SMILES string of the molecule is c1ccc(-c2ccc(C3=NC(c4ccccc4)NC(c4ccccc4-c4cccc5c(-c6ccc(-c7ccc(-c8ccc9c(c8)-c8cccc%10cccc-9c8%10)cc7)cc6)cccc45)=N3)cc2)cc1. The molecule has 11 aromatic rings. The third-order valence-electron chi connectivity index (χ3n) is 13.8. The maximum absolute atomic E-state index is 5.27. The molecule has 318 valence electrons. The van der Waals surface area contributed by atoms with Gasteiger partial charge in [-0.2, -0.15) is 0 Å². The van der Waals surface area contributed by atoms with Gasteiger partial charge in [-0.25, -0.2) is 9.98 Å². The van der Waals surface area contributed by atoms with Crippen molar-refractivity contribution in [3.05, 3.63) is 265 Å². The second-order valence-corrected chi connectivity index (χ2v) is 17.7. The van der Waals surface area contributed by atoms with E-state index in [1.807, 2.05) is 12.1 Å². The topological polar surface area (TPSA) is 36.8 Å². The van der Waals surface area contributed by atoms with Gasteiger partial charge in [-0.3, -0.25) is 0 Å². The average molecular weight is 866 g/mol. The van der Waals surface area contributed by atoms with Crippen LogP contribution in [0.1, 0.15) is 22.9 Å². The molecule has 1 N–H and O–H groups in total. The number of aliphatic imine (C=N–C) groups is 2. The number of amidine groups is 2. The molecule has 0 fully saturated rings. The van der Waals surface area contributed by atoms with E-state index in [1.54, 1.807) is 0 Å². The summed E-state index contributed by atoms with van der Waals surface area (Å²) >= 11 is 0. The van der Waals surface area contributed by atoms with Crippen molar-refractivity contribution in [1.29, 1.82) is 0 Å². The fraction of sp³-hybridized carbons (Fsp3) is 0.0154. The maximum atomic E-state index is 5.27. The first kappa shape index (κ1) is 39.4. The zero-order valence-corrected chi connectivity index (χ0v) is 37.1. The van der Waals surface area contributed by atoms with Gasteiger partial charge in [0.2, 0.25) is 0 Å². The third-order valence-corrected chi connectivity index (χ3v) is 13.8. The van der Waals surface area contributed by atoms with Gasteiger partial charge in [0, 0.05) is 11.1 Å². The Morgan fingerprint density at radius 1 is 0.294 bits per heavy atom. The summed E-state index contributed by atoms with van der Waals surface area (Å²) in [5, 5.41) is 8.78. The lowest BCUT2D eigenvalue weighted by Crippen LogP contribution is -2.33. The standard InChI is InChI=1S/C65H43N3/c1-3-13-42(14-4-1)43-33-37-50(38-34-43)64-66-63(49-15-5-2-6-16-49)67-65(68-64)60-20-8-7-19-56(60)55-24-12-22-53-52(21-11-23-54(53)55)47-35-31-45(32-36-47)44-27-29-46(30-28-44)51-39-40-57-58-25-9-17-48-18-10-26-59(62(48)58)61(57)41-51/h1-41,63H,(H,66,67,68). The van der Waals surface area contributed by atoms with Gasteiger partial charge >= 0.3 is 0 Å². The van der Waals surface area contributed by atoms with Crippen LogP contribution in [-0.2, 0) is 0 Å². The molecule has 3 nitrogen and oxygen atoms in total. The van der Waals surface area contributed by atoms with E-state index < -0.39 is 0 Å². The van der Waals surface area contributed by atoms with Crippen LogP contribution < -0.4 is 5.32 Å². The van der Waals surface area contributed by atoms with Gasteiger partial charge in [0.1, 0.15) is 12.0 Å². The molecule has 68 heavy (non-hydrogen) atoms. The van der Waals surface area contributed by atoms with Crippen LogP contribution in [-0.4, -0.2) is 11.7 Å². The molecule has 1 aliphatic carbocycles. The quantitative estimate of drug-likeness (QED) is 0.162. The first-order valence-corrected chi connectivity index (χ1v) is 23.3. The van der Waals surface area contributed by atoms with Crippen LogP contribution in [0.2, 0.25) is 0 Å². The molecule has 0 amide bonds. The highest BCUT2D eigenvalue weighted by atomic mass is 15.2. The molecule has 2 aliphatic rings. The molecule has 1 aliphatic heterocycles. The number of hydrogen-bond acceptors (Lipinski definition) is 3. The predicted octanol–water partition coefficient (Wildman–Crippen LogP) is 16.5. The molecule has 0 bridgehead atoms. The summed E-state index contributed by atoms with van der Waals surface area (Å²) in [6.45, 7) is 0. The minimum atomic E-state index is -0.305. The van der Waals surface area contributed by atoms with E-state index in [1.165, 1.54) is 82.7 Å². The summed E-state index contributed by atoms with van der Waals surface area (Å²) in [6.07, 6.45) is -0.305. The lowest BCUT2D eigenvalue weighted by Gasteiger charge is -2.25. The Hall–Kier alpha value is -8.92. The molecule has 11 aromatic carbocycles. The van der Waals surface area contributed by atoms with Gasteiger partial charge in [-0.1, -0.05) is 243 Å². The van der Waals surface area contributed by atoms with E-state index in [0.717, 1.165) is 39.2 Å². The highest BCUT2D eigenvalue weighted by molar-refractivity contribution is 6.17. The van der Waals surface area contributed by atoms with Crippen molar-refractivity contribution < 1.29 is 0 Å². The first-order valence-electron chi connectivity index (χ1n) is 23.3. The van der Waals surface area contributed by atoms with Gasteiger partial charge in [0.25, 0.3) is 0 Å². The minimum Gasteiger partial charge on any atom is -0.344 e. The third kappa shape index (κ3) is 6.92. The number of rotatable bonds is 8. The van der Waals surface area contributed by atoms with Crippen LogP contribution in [0.15, 0.2) is 259 Å². The van der Waals surface area contributed by atoms with Crippen LogP contribution in [0.25, 0.3) is 99.4 Å². The fourth-order valence-electron chi connectivity index (χ4n) is 10.4. The second kappa shape index (κ2) is 16.5. The van der Waals surface area contributed by atoms with E-state index in [2.05, 4.69) is 242 Å². The summed E-state index contributed by atoms with van der Waals surface area (Å²) in [5.74, 6) is 1.49. The van der Waals surface area contributed by atoms with Gasteiger partial charge in [0.15, 0.2) is 5.84 Å². The number of hydrogen-bond donors (Lipinski definition) is 1. The molecule has 0 spiro atoms. The highest BCUT2D eigenvalue weighted by Crippen LogP contribution is 2.48. The summed E-state index contributed by atoms with van der Waals surface area (Å²) in [4.78, 5) is 10.4. The molecule has 0 saturated heterocycles. The Kier molecular flexibility index (Phi) is 9.57. The van der Waals surface area contributed by atoms with Crippen LogP contribution in [0.5, 0.6) is 0 Å². The lowest BCUT2D eigenvalue weighted by atomic mass is 9.90. The predicted molar refractivity (Wildman–Crippen MR) is 285 cm³/mol. The average Bonchev–Trinajstić information content (AvgIpc) is 3.75. The maximum Gasteiger partial charge on any atom is 0.159 e. The van der Waals surface area contributed by atoms with E-state index in [4.69, 9.17) is 9.98 Å². The normalized spacial score (nSPS) is 13.7. The summed E-state index contributed by atoms with van der Waals surface area (Å²) in [6, 6.07) is 89.6. The second-order valence-electron chi connectivity index (χ2n) is 17.7. The van der Waals surface area contributed by atoms with Crippen molar-refractivity contribution in [2.24, 2.45) is 9.98 Å². The lowest BCUT2D eigenvalue weighted by molar-refractivity contribution is 0.674. The molecule has 1 unspecified atom stereocenters. The van der Waals surface area contributed by atoms with Crippen molar-refractivity contribution in [1.82, 2.24) is 5.32 Å². The minimum absolute atomic E-state index is 0.305. The molecular formula is C65H43N3. The smallest absolute Gasteiger partial charge is 0.159 e. The Morgan fingerprint density at radius 3 is 1.43 bits per heavy atom. The van der Waals surface area contributed by atoms with Crippen LogP contribution >= 0.6 is 0 Å². The fourth-order valence-corrected chi connectivity index (χ4v) is 10.4. The Morgan fingerprint density at radius 2 is 0.750 bits per heavy atom. The van der Waals surface area contributed by atoms with E-state index in [0.29, 0.717) is 5.84 Å². The van der Waals surface area contributed by atoms with Crippen LogP contribution in [0, 0.1) is 0 Å². The number of fused-ring (bicyclic) bond motifs is 4. The molecule has 13 rings (SSSR count). The first-order chi connectivity index (χ1) is 33.7. The molecule has 1 heterocycles. The van der Waals surface area contributed by atoms with E-state index >= 15 is 0 Å². The Balaban J connectivity index is 0.805. The molecule has 0 radical (unpaired) electrons. The molecule has 3 heteroatoms. The van der Waals surface area contributed by atoms with E-state index in [9.17, 15) is 0 Å². The van der Waals surface area contributed by atoms with Gasteiger partial charge in [-0.05, 0) is 111 Å². The largest absolute Gasteiger partial charge is 0.344 e. The zero-order chi connectivity index (χ0) is 45.0. The van der Waals surface area contributed by atoms with Crippen molar-refractivity contribution in [3.63, 3.8) is 0 Å². The van der Waals surface area contributed by atoms with Crippen molar-refractivity contribution in [2.45, 2.75) is 6.17 Å².